The van der Waals surface area contributed by atoms with E-state index in [-0.39, 0.29) is 0 Å². The first kappa shape index (κ1) is 11.1. The Balaban J connectivity index is 0.000000138. The summed E-state index contributed by atoms with van der Waals surface area (Å²) in [4.78, 5) is 10.2. The van der Waals surface area contributed by atoms with Crippen LogP contribution < -0.4 is 10.1 Å². The van der Waals surface area contributed by atoms with Crippen LogP contribution in [0.25, 0.3) is 0 Å². The molecular formula is C13H17NO2. The number of benzene rings is 1. The highest BCUT2D eigenvalue weighted by Gasteiger charge is 2.07. The molecule has 0 aliphatic carbocycles. The second-order valence-corrected chi connectivity index (χ2v) is 4.03. The topological polar surface area (TPSA) is 38.3 Å². The second-order valence-electron chi connectivity index (χ2n) is 4.03. The summed E-state index contributed by atoms with van der Waals surface area (Å²) in [5.74, 6) is 1.42. The summed E-state index contributed by atoms with van der Waals surface area (Å²) in [6, 6.07) is 8.25. The molecule has 1 aromatic carbocycles. The molecule has 1 saturated heterocycles. The van der Waals surface area contributed by atoms with Crippen molar-refractivity contribution >= 4 is 5.78 Å². The van der Waals surface area contributed by atoms with Gasteiger partial charge in [0, 0.05) is 13.0 Å². The van der Waals surface area contributed by atoms with Gasteiger partial charge in [-0.3, -0.25) is 4.79 Å². The Morgan fingerprint density at radius 3 is 2.69 bits per heavy atom. The number of para-hydroxylation sites is 1. The number of fused-ring (bicyclic) bond motifs is 1. The van der Waals surface area contributed by atoms with E-state index in [4.69, 9.17) is 4.74 Å². The Bertz CT molecular complexity index is 330. The minimum Gasteiger partial charge on any atom is -0.493 e. The third kappa shape index (κ3) is 3.07. The fourth-order valence-corrected chi connectivity index (χ4v) is 1.84. The van der Waals surface area contributed by atoms with Gasteiger partial charge in [0.15, 0.2) is 0 Å². The van der Waals surface area contributed by atoms with Crippen LogP contribution in [0.1, 0.15) is 18.4 Å². The highest BCUT2D eigenvalue weighted by Crippen LogP contribution is 2.22. The first-order valence-corrected chi connectivity index (χ1v) is 5.79. The van der Waals surface area contributed by atoms with Crippen LogP contribution in [-0.4, -0.2) is 25.5 Å². The third-order valence-electron chi connectivity index (χ3n) is 2.72. The number of hydrogen-bond acceptors (Lipinski definition) is 3. The molecule has 0 unspecified atom stereocenters. The fourth-order valence-electron chi connectivity index (χ4n) is 1.84. The number of carbonyl (C=O) groups excluding carboxylic acids is 1. The number of nitrogens with one attached hydrogen (secondary N) is 1. The zero-order valence-electron chi connectivity index (χ0n) is 9.37. The zero-order chi connectivity index (χ0) is 11.2. The molecular weight excluding hydrogens is 202 g/mol. The third-order valence-corrected chi connectivity index (χ3v) is 2.72. The quantitative estimate of drug-likeness (QED) is 0.719. The maximum absolute atomic E-state index is 10.2. The number of Topliss-reactive ketones (excluding diaryl/α,β-unsaturated/α-hetero) is 1. The molecule has 3 rings (SSSR count). The van der Waals surface area contributed by atoms with Crippen LogP contribution in [0.4, 0.5) is 0 Å². The molecule has 0 spiro atoms. The van der Waals surface area contributed by atoms with Crippen molar-refractivity contribution in [2.24, 2.45) is 0 Å². The maximum atomic E-state index is 10.2. The Hall–Kier alpha value is -1.35. The summed E-state index contributed by atoms with van der Waals surface area (Å²) in [5.41, 5.74) is 1.36. The van der Waals surface area contributed by atoms with Gasteiger partial charge in [-0.1, -0.05) is 18.2 Å². The van der Waals surface area contributed by atoms with Gasteiger partial charge in [0.05, 0.1) is 13.2 Å². The summed E-state index contributed by atoms with van der Waals surface area (Å²) in [7, 11) is 0. The van der Waals surface area contributed by atoms with E-state index in [0.717, 1.165) is 31.7 Å². The fraction of sp³-hybridized carbons (Fsp3) is 0.462. The summed E-state index contributed by atoms with van der Waals surface area (Å²) >= 11 is 0. The Labute approximate surface area is 95.8 Å². The highest BCUT2D eigenvalue weighted by molar-refractivity contribution is 5.82. The van der Waals surface area contributed by atoms with Crippen LogP contribution in [0.15, 0.2) is 24.3 Å². The van der Waals surface area contributed by atoms with Gasteiger partial charge in [0.25, 0.3) is 0 Å². The molecule has 1 N–H and O–H groups in total. The van der Waals surface area contributed by atoms with E-state index in [1.165, 1.54) is 12.0 Å². The molecule has 2 aliphatic rings. The van der Waals surface area contributed by atoms with E-state index in [1.807, 2.05) is 12.1 Å². The molecule has 2 heterocycles. The number of rotatable bonds is 0. The van der Waals surface area contributed by atoms with E-state index in [0.29, 0.717) is 12.3 Å². The second kappa shape index (κ2) is 5.66. The molecule has 3 nitrogen and oxygen atoms in total. The van der Waals surface area contributed by atoms with Gasteiger partial charge >= 0.3 is 0 Å². The van der Waals surface area contributed by atoms with Crippen molar-refractivity contribution in [2.45, 2.75) is 19.3 Å². The molecule has 2 aliphatic heterocycles. The van der Waals surface area contributed by atoms with E-state index < -0.39 is 0 Å². The van der Waals surface area contributed by atoms with E-state index in [2.05, 4.69) is 17.4 Å². The van der Waals surface area contributed by atoms with Crippen molar-refractivity contribution < 1.29 is 9.53 Å². The molecule has 0 radical (unpaired) electrons. The van der Waals surface area contributed by atoms with Crippen molar-refractivity contribution in [3.05, 3.63) is 29.8 Å². The van der Waals surface area contributed by atoms with Gasteiger partial charge in [0.1, 0.15) is 11.5 Å². The lowest BCUT2D eigenvalue weighted by Crippen LogP contribution is -2.07. The van der Waals surface area contributed by atoms with Crippen LogP contribution in [0.5, 0.6) is 5.75 Å². The minimum atomic E-state index is 0.343. The molecule has 16 heavy (non-hydrogen) atoms. The van der Waals surface area contributed by atoms with Gasteiger partial charge in [0.2, 0.25) is 0 Å². The molecule has 1 fully saturated rings. The predicted molar refractivity (Wildman–Crippen MR) is 62.8 cm³/mol. The van der Waals surface area contributed by atoms with E-state index in [1.54, 1.807) is 0 Å². The van der Waals surface area contributed by atoms with Crippen LogP contribution >= 0.6 is 0 Å². The average molecular weight is 219 g/mol. The van der Waals surface area contributed by atoms with Gasteiger partial charge < -0.3 is 10.1 Å². The van der Waals surface area contributed by atoms with Crippen molar-refractivity contribution in [3.8, 4) is 5.75 Å². The molecule has 0 atom stereocenters. The summed E-state index contributed by atoms with van der Waals surface area (Å²) in [6.07, 6.45) is 3.08. The van der Waals surface area contributed by atoms with Crippen molar-refractivity contribution in [1.82, 2.24) is 5.32 Å². The van der Waals surface area contributed by atoms with E-state index in [9.17, 15) is 4.79 Å². The van der Waals surface area contributed by atoms with Gasteiger partial charge in [-0.2, -0.15) is 0 Å². The number of ketones is 1. The number of hydrogen-bond donors (Lipinski definition) is 1. The molecule has 3 heteroatoms. The molecule has 1 aromatic rings. The smallest absolute Gasteiger partial charge is 0.147 e. The number of ether oxygens (including phenoxy) is 1. The Morgan fingerprint density at radius 2 is 2.06 bits per heavy atom. The highest BCUT2D eigenvalue weighted by atomic mass is 16.5. The number of aryl methyl sites for hydroxylation is 1. The van der Waals surface area contributed by atoms with Crippen LogP contribution in [-0.2, 0) is 11.2 Å². The first-order chi connectivity index (χ1) is 7.86. The Kier molecular flexibility index (Phi) is 3.94. The SMILES string of the molecule is O=C1CCNC1.c1ccc2c(c1)CCCO2. The van der Waals surface area contributed by atoms with Gasteiger partial charge in [-0.25, -0.2) is 0 Å². The summed E-state index contributed by atoms with van der Waals surface area (Å²) in [6.45, 7) is 2.37. The zero-order valence-corrected chi connectivity index (χ0v) is 9.37. The lowest BCUT2D eigenvalue weighted by Gasteiger charge is -2.15. The molecule has 86 valence electrons. The molecule has 0 saturated carbocycles. The molecule has 0 amide bonds. The van der Waals surface area contributed by atoms with Crippen LogP contribution in [0, 0.1) is 0 Å². The lowest BCUT2D eigenvalue weighted by atomic mass is 10.1. The normalized spacial score (nSPS) is 18.1. The van der Waals surface area contributed by atoms with Crippen molar-refractivity contribution in [3.63, 3.8) is 0 Å². The number of carbonyl (C=O) groups is 1. The molecule has 0 aromatic heterocycles. The van der Waals surface area contributed by atoms with Crippen LogP contribution in [0.3, 0.4) is 0 Å². The predicted octanol–water partition coefficient (Wildman–Crippen LogP) is 1.56. The summed E-state index contributed by atoms with van der Waals surface area (Å²) < 4.78 is 5.42. The maximum Gasteiger partial charge on any atom is 0.147 e. The Morgan fingerprint density at radius 1 is 1.19 bits per heavy atom. The van der Waals surface area contributed by atoms with Gasteiger partial charge in [-0.15, -0.1) is 0 Å². The lowest BCUT2D eigenvalue weighted by molar-refractivity contribution is -0.116. The average Bonchev–Trinajstić information content (AvgIpc) is 2.81. The molecule has 0 bridgehead atoms. The van der Waals surface area contributed by atoms with Crippen molar-refractivity contribution in [2.75, 3.05) is 19.7 Å². The minimum absolute atomic E-state index is 0.343. The van der Waals surface area contributed by atoms with Gasteiger partial charge in [-0.05, 0) is 24.5 Å². The van der Waals surface area contributed by atoms with Crippen molar-refractivity contribution in [1.29, 1.82) is 0 Å². The van der Waals surface area contributed by atoms with Crippen LogP contribution in [0.2, 0.25) is 0 Å². The summed E-state index contributed by atoms with van der Waals surface area (Å²) in [5, 5.41) is 2.92. The van der Waals surface area contributed by atoms with E-state index >= 15 is 0 Å². The monoisotopic (exact) mass is 219 g/mol. The largest absolute Gasteiger partial charge is 0.493 e. The standard InChI is InChI=1S/C9H10O.C4H7NO/c1-2-6-9-8(4-1)5-3-7-10-9;6-4-1-2-5-3-4/h1-2,4,6H,3,5,7H2;5H,1-3H2. The first-order valence-electron chi connectivity index (χ1n) is 5.79.